The maximum absolute atomic E-state index is 11.0. The van der Waals surface area contributed by atoms with Crippen molar-refractivity contribution in [2.75, 3.05) is 0 Å². The minimum atomic E-state index is -0.491. The van der Waals surface area contributed by atoms with Gasteiger partial charge in [0.1, 0.15) is 11.7 Å². The molecular formula is C6H7ClN2O. The van der Waals surface area contributed by atoms with Crippen LogP contribution in [0.4, 0.5) is 0 Å². The lowest BCUT2D eigenvalue weighted by Gasteiger charge is -1.99. The van der Waals surface area contributed by atoms with Gasteiger partial charge in [-0.1, -0.05) is 0 Å². The Bertz CT molecular complexity index is 218. The van der Waals surface area contributed by atoms with Crippen LogP contribution in [-0.2, 0) is 0 Å². The van der Waals surface area contributed by atoms with Crippen LogP contribution in [0.15, 0.2) is 18.7 Å². The normalized spacial score (nSPS) is 13.0. The Morgan fingerprint density at radius 1 is 1.80 bits per heavy atom. The number of imidazole rings is 1. The predicted octanol–water partition coefficient (Wildman–Crippen LogP) is 1.15. The third-order valence-corrected chi connectivity index (χ3v) is 1.29. The number of halogens is 1. The zero-order valence-corrected chi connectivity index (χ0v) is 6.25. The summed E-state index contributed by atoms with van der Waals surface area (Å²) in [6, 6.07) is 0. The third-order valence-electron chi connectivity index (χ3n) is 1.10. The van der Waals surface area contributed by atoms with Crippen molar-refractivity contribution in [3.05, 3.63) is 18.7 Å². The van der Waals surface area contributed by atoms with E-state index in [0.29, 0.717) is 0 Å². The van der Waals surface area contributed by atoms with Gasteiger partial charge in [0.2, 0.25) is 5.91 Å². The van der Waals surface area contributed by atoms with Crippen molar-refractivity contribution in [3.63, 3.8) is 0 Å². The lowest BCUT2D eigenvalue weighted by molar-refractivity contribution is 0.0912. The van der Waals surface area contributed by atoms with E-state index in [1.165, 1.54) is 17.1 Å². The average molecular weight is 159 g/mol. The first-order valence-corrected chi connectivity index (χ1v) is 3.31. The van der Waals surface area contributed by atoms with Gasteiger partial charge >= 0.3 is 0 Å². The first kappa shape index (κ1) is 7.28. The van der Waals surface area contributed by atoms with Crippen molar-refractivity contribution in [1.82, 2.24) is 9.55 Å². The molecular weight excluding hydrogens is 152 g/mol. The molecule has 0 saturated heterocycles. The van der Waals surface area contributed by atoms with Crippen molar-refractivity contribution in [1.29, 1.82) is 0 Å². The van der Waals surface area contributed by atoms with Gasteiger partial charge in [0.25, 0.3) is 0 Å². The topological polar surface area (TPSA) is 34.9 Å². The number of hydrogen-bond acceptors (Lipinski definition) is 2. The Kier molecular flexibility index (Phi) is 2.06. The molecule has 1 atom stereocenters. The highest BCUT2D eigenvalue weighted by atomic mass is 35.5. The first-order valence-electron chi connectivity index (χ1n) is 2.88. The molecule has 1 aromatic rings. The van der Waals surface area contributed by atoms with Crippen LogP contribution in [-0.4, -0.2) is 20.8 Å². The molecule has 0 aliphatic rings. The molecule has 0 N–H and O–H groups in total. The fraction of sp³-hybridized carbons (Fsp3) is 0.333. The fourth-order valence-corrected chi connectivity index (χ4v) is 0.708. The largest absolute Gasteiger partial charge is 0.275 e. The van der Waals surface area contributed by atoms with Gasteiger partial charge in [-0.15, -0.1) is 11.6 Å². The van der Waals surface area contributed by atoms with Gasteiger partial charge in [-0.05, 0) is 6.92 Å². The molecule has 0 aliphatic carbocycles. The number of carbonyl (C=O) groups excluding carboxylic acids is 1. The van der Waals surface area contributed by atoms with Gasteiger partial charge in [0, 0.05) is 12.4 Å². The summed E-state index contributed by atoms with van der Waals surface area (Å²) in [6.07, 6.45) is 4.54. The minimum Gasteiger partial charge on any atom is -0.275 e. The van der Waals surface area contributed by atoms with E-state index in [1.54, 1.807) is 13.1 Å². The second-order valence-electron chi connectivity index (χ2n) is 1.92. The number of aromatic nitrogens is 2. The number of rotatable bonds is 1. The summed E-state index contributed by atoms with van der Waals surface area (Å²) in [4.78, 5) is 14.7. The van der Waals surface area contributed by atoms with Crippen molar-refractivity contribution >= 4 is 17.5 Å². The lowest BCUT2D eigenvalue weighted by Crippen LogP contribution is -2.17. The Morgan fingerprint density at radius 2 is 2.50 bits per heavy atom. The molecule has 0 aromatic carbocycles. The van der Waals surface area contributed by atoms with Crippen molar-refractivity contribution < 1.29 is 4.79 Å². The van der Waals surface area contributed by atoms with E-state index in [9.17, 15) is 4.79 Å². The molecule has 3 nitrogen and oxygen atoms in total. The van der Waals surface area contributed by atoms with Crippen LogP contribution in [0.25, 0.3) is 0 Å². The summed E-state index contributed by atoms with van der Waals surface area (Å²) < 4.78 is 1.36. The van der Waals surface area contributed by atoms with Gasteiger partial charge in [0.15, 0.2) is 0 Å². The highest BCUT2D eigenvalue weighted by molar-refractivity contribution is 6.30. The van der Waals surface area contributed by atoms with Gasteiger partial charge in [-0.2, -0.15) is 0 Å². The lowest BCUT2D eigenvalue weighted by atomic mass is 10.4. The number of carbonyl (C=O) groups is 1. The second kappa shape index (κ2) is 2.84. The van der Waals surface area contributed by atoms with Crippen LogP contribution in [0.5, 0.6) is 0 Å². The highest BCUT2D eigenvalue weighted by Gasteiger charge is 2.09. The summed E-state index contributed by atoms with van der Waals surface area (Å²) in [5.41, 5.74) is 0. The van der Waals surface area contributed by atoms with Crippen molar-refractivity contribution in [3.8, 4) is 0 Å². The van der Waals surface area contributed by atoms with Crippen molar-refractivity contribution in [2.45, 2.75) is 12.3 Å². The van der Waals surface area contributed by atoms with E-state index in [2.05, 4.69) is 4.98 Å². The highest BCUT2D eigenvalue weighted by Crippen LogP contribution is 1.98. The van der Waals surface area contributed by atoms with E-state index in [1.807, 2.05) is 0 Å². The molecule has 54 valence electrons. The molecule has 0 amide bonds. The molecule has 0 aliphatic heterocycles. The Hall–Kier alpha value is -0.830. The van der Waals surface area contributed by atoms with E-state index in [-0.39, 0.29) is 5.91 Å². The quantitative estimate of drug-likeness (QED) is 0.575. The summed E-state index contributed by atoms with van der Waals surface area (Å²) >= 11 is 5.52. The second-order valence-corrected chi connectivity index (χ2v) is 2.58. The van der Waals surface area contributed by atoms with Crippen LogP contribution in [0, 0.1) is 0 Å². The van der Waals surface area contributed by atoms with Gasteiger partial charge in [-0.3, -0.25) is 9.36 Å². The molecule has 0 saturated carbocycles. The molecule has 0 fully saturated rings. The molecule has 0 radical (unpaired) electrons. The van der Waals surface area contributed by atoms with E-state index >= 15 is 0 Å². The number of hydrogen-bond donors (Lipinski definition) is 0. The molecule has 1 aromatic heterocycles. The van der Waals surface area contributed by atoms with Crippen LogP contribution in [0.3, 0.4) is 0 Å². The summed E-state index contributed by atoms with van der Waals surface area (Å²) in [5, 5.41) is -0.491. The summed E-state index contributed by atoms with van der Waals surface area (Å²) in [5.74, 6) is -0.154. The van der Waals surface area contributed by atoms with Crippen LogP contribution in [0.1, 0.15) is 11.7 Å². The Balaban J connectivity index is 2.78. The van der Waals surface area contributed by atoms with E-state index in [4.69, 9.17) is 11.6 Å². The maximum Gasteiger partial charge on any atom is 0.249 e. The molecule has 1 heterocycles. The zero-order chi connectivity index (χ0) is 7.56. The van der Waals surface area contributed by atoms with Gasteiger partial charge < -0.3 is 0 Å². The number of alkyl halides is 1. The molecule has 0 bridgehead atoms. The molecule has 0 spiro atoms. The maximum atomic E-state index is 11.0. The zero-order valence-electron chi connectivity index (χ0n) is 5.49. The number of nitrogens with zero attached hydrogens (tertiary/aromatic N) is 2. The van der Waals surface area contributed by atoms with Gasteiger partial charge in [0.05, 0.1) is 0 Å². The standard InChI is InChI=1S/C6H7ClN2O/c1-5(7)6(10)9-3-2-8-4-9/h2-5H,1H3. The monoisotopic (exact) mass is 158 g/mol. The van der Waals surface area contributed by atoms with Crippen LogP contribution in [0.2, 0.25) is 0 Å². The fourth-order valence-electron chi connectivity index (χ4n) is 0.595. The summed E-state index contributed by atoms with van der Waals surface area (Å²) in [7, 11) is 0. The molecule has 1 unspecified atom stereocenters. The van der Waals surface area contributed by atoms with E-state index in [0.717, 1.165) is 0 Å². The Morgan fingerprint density at radius 3 is 2.90 bits per heavy atom. The van der Waals surface area contributed by atoms with E-state index < -0.39 is 5.38 Å². The van der Waals surface area contributed by atoms with Crippen LogP contribution >= 0.6 is 11.6 Å². The smallest absolute Gasteiger partial charge is 0.249 e. The third kappa shape index (κ3) is 1.36. The minimum absolute atomic E-state index is 0.154. The molecule has 10 heavy (non-hydrogen) atoms. The predicted molar refractivity (Wildman–Crippen MR) is 38.2 cm³/mol. The molecule has 1 rings (SSSR count). The SMILES string of the molecule is CC(Cl)C(=O)n1ccnc1. The molecule has 4 heteroatoms. The summed E-state index contributed by atoms with van der Waals surface area (Å²) in [6.45, 7) is 1.63. The van der Waals surface area contributed by atoms with Crippen molar-refractivity contribution in [2.24, 2.45) is 0 Å². The van der Waals surface area contributed by atoms with Gasteiger partial charge in [-0.25, -0.2) is 4.98 Å². The van der Waals surface area contributed by atoms with Crippen LogP contribution < -0.4 is 0 Å². The first-order chi connectivity index (χ1) is 4.72. The Labute approximate surface area is 63.6 Å². The average Bonchev–Trinajstić information content (AvgIpc) is 2.36.